The van der Waals surface area contributed by atoms with Crippen LogP contribution in [0.2, 0.25) is 0 Å². The second-order valence-electron chi connectivity index (χ2n) is 4.82. The quantitative estimate of drug-likeness (QED) is 0.773. The van der Waals surface area contributed by atoms with Gasteiger partial charge in [-0.2, -0.15) is 0 Å². The molecule has 0 fully saturated rings. The Bertz CT molecular complexity index is 575. The summed E-state index contributed by atoms with van der Waals surface area (Å²) in [7, 11) is 0. The monoisotopic (exact) mass is 232 g/mol. The fourth-order valence-electron chi connectivity index (χ4n) is 2.19. The molecule has 0 bridgehead atoms. The summed E-state index contributed by atoms with van der Waals surface area (Å²) in [5, 5.41) is 10.8. The number of fused-ring (bicyclic) bond motifs is 1. The number of carboxylic acids is 1. The van der Waals surface area contributed by atoms with Gasteiger partial charge in [-0.1, -0.05) is 18.2 Å². The topological polar surface area (TPSA) is 75.7 Å². The maximum atomic E-state index is 10.8. The van der Waals surface area contributed by atoms with Gasteiger partial charge in [0.15, 0.2) is 0 Å². The van der Waals surface area contributed by atoms with Gasteiger partial charge in [0.05, 0.1) is 10.9 Å². The highest BCUT2D eigenvalue weighted by molar-refractivity contribution is 5.76. The highest BCUT2D eigenvalue weighted by Gasteiger charge is 2.29. The lowest BCUT2D eigenvalue weighted by molar-refractivity contribution is -0.138. The van der Waals surface area contributed by atoms with Crippen LogP contribution >= 0.6 is 0 Å². The van der Waals surface area contributed by atoms with E-state index in [2.05, 4.69) is 4.99 Å². The molecule has 1 aliphatic heterocycles. The van der Waals surface area contributed by atoms with E-state index in [1.54, 1.807) is 0 Å². The number of aliphatic carboxylic acids is 1. The number of hydrogen-bond acceptors (Lipinski definition) is 3. The highest BCUT2D eigenvalue weighted by atomic mass is 16.4. The van der Waals surface area contributed by atoms with E-state index < -0.39 is 12.0 Å². The molecule has 1 heterocycles. The molecule has 90 valence electrons. The van der Waals surface area contributed by atoms with E-state index in [-0.39, 0.29) is 5.54 Å². The molecule has 4 heteroatoms. The zero-order valence-electron chi connectivity index (χ0n) is 9.97. The number of nitrogens with two attached hydrogens (primary N) is 1. The van der Waals surface area contributed by atoms with Crippen LogP contribution in [0, 0.1) is 0 Å². The molecule has 3 N–H and O–H groups in total. The SMILES string of the molecule is CC1(C)N=c2ccccc2=C1C[C@H](N)C(=O)O. The fraction of sp³-hybridized carbons (Fsp3) is 0.385. The van der Waals surface area contributed by atoms with E-state index in [1.807, 2.05) is 38.1 Å². The Balaban J connectivity index is 2.52. The number of nitrogens with zero attached hydrogens (tertiary/aromatic N) is 1. The summed E-state index contributed by atoms with van der Waals surface area (Å²) in [6, 6.07) is 6.90. The molecule has 0 radical (unpaired) electrons. The Morgan fingerprint density at radius 2 is 2.12 bits per heavy atom. The van der Waals surface area contributed by atoms with Crippen LogP contribution in [0.5, 0.6) is 0 Å². The molecule has 1 atom stereocenters. The molecule has 0 spiro atoms. The molecular formula is C13H16N2O2. The molecule has 0 aromatic heterocycles. The van der Waals surface area contributed by atoms with Gasteiger partial charge in [-0.3, -0.25) is 9.79 Å². The van der Waals surface area contributed by atoms with Gasteiger partial charge in [-0.15, -0.1) is 0 Å². The van der Waals surface area contributed by atoms with Crippen LogP contribution in [0.3, 0.4) is 0 Å². The zero-order chi connectivity index (χ0) is 12.6. The zero-order valence-corrected chi connectivity index (χ0v) is 9.97. The molecule has 1 aromatic rings. The Labute approximate surface area is 99.5 Å². The van der Waals surface area contributed by atoms with Crippen molar-refractivity contribution in [2.45, 2.75) is 31.8 Å². The second kappa shape index (κ2) is 3.96. The molecule has 2 rings (SSSR count). The Morgan fingerprint density at radius 1 is 1.47 bits per heavy atom. The van der Waals surface area contributed by atoms with E-state index in [0.717, 1.165) is 16.1 Å². The molecule has 1 aliphatic rings. The smallest absolute Gasteiger partial charge is 0.320 e. The first kappa shape index (κ1) is 11.8. The van der Waals surface area contributed by atoms with Gasteiger partial charge in [0, 0.05) is 5.22 Å². The minimum Gasteiger partial charge on any atom is -0.480 e. The number of carbonyl (C=O) groups is 1. The van der Waals surface area contributed by atoms with Gasteiger partial charge in [-0.25, -0.2) is 0 Å². The highest BCUT2D eigenvalue weighted by Crippen LogP contribution is 2.26. The first-order valence-corrected chi connectivity index (χ1v) is 5.59. The number of hydrogen-bond donors (Lipinski definition) is 2. The average Bonchev–Trinajstić information content (AvgIpc) is 2.50. The van der Waals surface area contributed by atoms with E-state index in [9.17, 15) is 4.79 Å². The molecule has 4 nitrogen and oxygen atoms in total. The molecule has 17 heavy (non-hydrogen) atoms. The van der Waals surface area contributed by atoms with Crippen molar-refractivity contribution in [2.75, 3.05) is 0 Å². The van der Waals surface area contributed by atoms with Crippen molar-refractivity contribution in [1.29, 1.82) is 0 Å². The van der Waals surface area contributed by atoms with Crippen molar-refractivity contribution in [2.24, 2.45) is 10.7 Å². The maximum absolute atomic E-state index is 10.8. The van der Waals surface area contributed by atoms with Gasteiger partial charge >= 0.3 is 5.97 Å². The van der Waals surface area contributed by atoms with Crippen LogP contribution in [-0.2, 0) is 4.79 Å². The molecule has 0 unspecified atom stereocenters. The van der Waals surface area contributed by atoms with Crippen molar-refractivity contribution in [1.82, 2.24) is 0 Å². The van der Waals surface area contributed by atoms with Crippen LogP contribution in [-0.4, -0.2) is 22.7 Å². The number of para-hydroxylation sites is 1. The third-order valence-corrected chi connectivity index (χ3v) is 3.11. The normalized spacial score (nSPS) is 18.4. The summed E-state index contributed by atoms with van der Waals surface area (Å²) in [6.45, 7) is 3.97. The second-order valence-corrected chi connectivity index (χ2v) is 4.82. The van der Waals surface area contributed by atoms with Gasteiger partial charge in [0.25, 0.3) is 0 Å². The lowest BCUT2D eigenvalue weighted by Gasteiger charge is -2.21. The van der Waals surface area contributed by atoms with Gasteiger partial charge in [-0.05, 0) is 31.9 Å². The number of rotatable bonds is 3. The Morgan fingerprint density at radius 3 is 2.76 bits per heavy atom. The molecule has 0 amide bonds. The lowest BCUT2D eigenvalue weighted by Crippen LogP contribution is -2.34. The first-order valence-electron chi connectivity index (χ1n) is 5.59. The maximum Gasteiger partial charge on any atom is 0.320 e. The van der Waals surface area contributed by atoms with Gasteiger partial charge in [0.1, 0.15) is 6.04 Å². The van der Waals surface area contributed by atoms with E-state index in [4.69, 9.17) is 10.8 Å². The summed E-state index contributed by atoms with van der Waals surface area (Å²) in [4.78, 5) is 15.4. The van der Waals surface area contributed by atoms with Crippen LogP contribution in [0.4, 0.5) is 0 Å². The van der Waals surface area contributed by atoms with Crippen molar-refractivity contribution < 1.29 is 9.90 Å². The third kappa shape index (κ3) is 2.08. The summed E-state index contributed by atoms with van der Waals surface area (Å²) in [6.07, 6.45) is 0.336. The summed E-state index contributed by atoms with van der Waals surface area (Å²) < 4.78 is 0. The summed E-state index contributed by atoms with van der Waals surface area (Å²) >= 11 is 0. The lowest BCUT2D eigenvalue weighted by atomic mass is 9.90. The van der Waals surface area contributed by atoms with Crippen molar-refractivity contribution in [3.05, 3.63) is 34.8 Å². The largest absolute Gasteiger partial charge is 0.480 e. The predicted octanol–water partition coefficient (Wildman–Crippen LogP) is 0.0511. The van der Waals surface area contributed by atoms with Crippen LogP contribution < -0.4 is 16.3 Å². The Hall–Kier alpha value is -1.68. The van der Waals surface area contributed by atoms with Crippen molar-refractivity contribution in [3.63, 3.8) is 0 Å². The van der Waals surface area contributed by atoms with Crippen LogP contribution in [0.1, 0.15) is 20.3 Å². The van der Waals surface area contributed by atoms with E-state index in [1.165, 1.54) is 0 Å². The molecule has 0 saturated heterocycles. The first-order chi connectivity index (χ1) is 7.92. The number of carboxylic acid groups (broad SMARTS) is 1. The van der Waals surface area contributed by atoms with E-state index >= 15 is 0 Å². The third-order valence-electron chi connectivity index (χ3n) is 3.11. The van der Waals surface area contributed by atoms with Crippen molar-refractivity contribution >= 4 is 11.5 Å². The standard InChI is InChI=1S/C13H16N2O2/c1-13(2)9(7-10(14)12(16)17)8-5-3-4-6-11(8)15-13/h3-6,10H,7,14H2,1-2H3,(H,16,17)/t10-/m0/s1. The summed E-state index contributed by atoms with van der Waals surface area (Å²) in [5.41, 5.74) is 6.25. The molecular weight excluding hydrogens is 216 g/mol. The average molecular weight is 232 g/mol. The molecule has 0 aliphatic carbocycles. The minimum atomic E-state index is -0.974. The summed E-state index contributed by atoms with van der Waals surface area (Å²) in [5.74, 6) is -0.974. The van der Waals surface area contributed by atoms with Gasteiger partial charge < -0.3 is 10.8 Å². The van der Waals surface area contributed by atoms with Crippen molar-refractivity contribution in [3.8, 4) is 0 Å². The fourth-order valence-corrected chi connectivity index (χ4v) is 2.19. The van der Waals surface area contributed by atoms with Gasteiger partial charge in [0.2, 0.25) is 0 Å². The molecule has 0 saturated carbocycles. The van der Waals surface area contributed by atoms with E-state index in [0.29, 0.717) is 6.42 Å². The predicted molar refractivity (Wildman–Crippen MR) is 64.9 cm³/mol. The molecule has 1 aromatic carbocycles. The van der Waals surface area contributed by atoms with Crippen LogP contribution in [0.25, 0.3) is 5.57 Å². The Kier molecular flexibility index (Phi) is 2.75. The number of benzene rings is 1. The van der Waals surface area contributed by atoms with Crippen LogP contribution in [0.15, 0.2) is 29.3 Å². The minimum absolute atomic E-state index is 0.336.